The van der Waals surface area contributed by atoms with Crippen molar-refractivity contribution in [3.63, 3.8) is 0 Å². The predicted octanol–water partition coefficient (Wildman–Crippen LogP) is 1.99. The molecule has 154 valence electrons. The minimum Gasteiger partial charge on any atom is -0.496 e. The zero-order valence-electron chi connectivity index (χ0n) is 16.8. The number of para-hydroxylation sites is 1. The molecule has 2 heterocycles. The molecule has 1 aliphatic carbocycles. The Labute approximate surface area is 170 Å². The molecule has 0 radical (unpaired) electrons. The number of ether oxygens (including phenoxy) is 1. The fraction of sp³-hybridized carbons (Fsp3) is 0.500. The number of hydrogen-bond donors (Lipinski definition) is 1. The monoisotopic (exact) mass is 396 g/mol. The number of nitrogens with zero attached hydrogens (tertiary/aromatic N) is 3. The number of aromatic nitrogens is 2. The lowest BCUT2D eigenvalue weighted by molar-refractivity contribution is -0.121. The molecular weight excluding hydrogens is 368 g/mol. The Kier molecular flexibility index (Phi) is 5.83. The smallest absolute Gasteiger partial charge is 0.268 e. The standard InChI is InChI=1S/C22H28N4O3/c1-29-20-5-3-2-4-17(20)12-21(27)24-18-8-10-25(11-9-18)19-13-22(28)26(23-14-19)15-16-6-7-16/h2-5,13-14,16,18H,6-12,15H2,1H3,(H,24,27). The second-order valence-electron chi connectivity index (χ2n) is 7.99. The molecule has 7 nitrogen and oxygen atoms in total. The van der Waals surface area contributed by atoms with Gasteiger partial charge < -0.3 is 15.0 Å². The molecule has 0 bridgehead atoms. The maximum atomic E-state index is 12.4. The number of nitrogens with one attached hydrogen (secondary N) is 1. The molecule has 1 aromatic heterocycles. The van der Waals surface area contributed by atoms with Crippen LogP contribution in [0.5, 0.6) is 5.75 Å². The molecule has 0 atom stereocenters. The van der Waals surface area contributed by atoms with E-state index < -0.39 is 0 Å². The third-order valence-corrected chi connectivity index (χ3v) is 5.75. The van der Waals surface area contributed by atoms with E-state index in [2.05, 4.69) is 15.3 Å². The molecule has 0 spiro atoms. The Bertz CT molecular complexity index is 914. The number of piperidine rings is 1. The Hall–Kier alpha value is -2.83. The number of anilines is 1. The molecule has 7 heteroatoms. The highest BCUT2D eigenvalue weighted by Crippen LogP contribution is 2.30. The van der Waals surface area contributed by atoms with Crippen molar-refractivity contribution in [1.82, 2.24) is 15.1 Å². The van der Waals surface area contributed by atoms with Gasteiger partial charge in [-0.25, -0.2) is 4.68 Å². The SMILES string of the molecule is COc1ccccc1CC(=O)NC1CCN(c2cnn(CC3CC3)c(=O)c2)CC1. The number of amides is 1. The summed E-state index contributed by atoms with van der Waals surface area (Å²) in [5.41, 5.74) is 1.74. The van der Waals surface area contributed by atoms with Crippen LogP contribution in [-0.2, 0) is 17.8 Å². The van der Waals surface area contributed by atoms with Crippen LogP contribution in [0.2, 0.25) is 0 Å². The first-order chi connectivity index (χ1) is 14.1. The Morgan fingerprint density at radius 1 is 1.21 bits per heavy atom. The average molecular weight is 396 g/mol. The van der Waals surface area contributed by atoms with Crippen molar-refractivity contribution in [2.45, 2.75) is 44.7 Å². The van der Waals surface area contributed by atoms with Gasteiger partial charge in [-0.05, 0) is 37.7 Å². The fourth-order valence-corrected chi connectivity index (χ4v) is 3.86. The van der Waals surface area contributed by atoms with Gasteiger partial charge in [0.05, 0.1) is 25.4 Å². The van der Waals surface area contributed by atoms with Crippen LogP contribution in [0.3, 0.4) is 0 Å². The van der Waals surface area contributed by atoms with Crippen LogP contribution in [0, 0.1) is 5.92 Å². The third-order valence-electron chi connectivity index (χ3n) is 5.75. The van der Waals surface area contributed by atoms with Gasteiger partial charge in [0.25, 0.3) is 5.56 Å². The van der Waals surface area contributed by atoms with E-state index in [1.807, 2.05) is 24.3 Å². The van der Waals surface area contributed by atoms with E-state index in [4.69, 9.17) is 4.74 Å². The summed E-state index contributed by atoms with van der Waals surface area (Å²) in [5.74, 6) is 1.37. The van der Waals surface area contributed by atoms with Crippen molar-refractivity contribution in [1.29, 1.82) is 0 Å². The van der Waals surface area contributed by atoms with E-state index in [-0.39, 0.29) is 17.5 Å². The van der Waals surface area contributed by atoms with Gasteiger partial charge in [-0.1, -0.05) is 18.2 Å². The fourth-order valence-electron chi connectivity index (χ4n) is 3.86. The van der Waals surface area contributed by atoms with Gasteiger partial charge >= 0.3 is 0 Å². The van der Waals surface area contributed by atoms with Crippen LogP contribution < -0.4 is 20.5 Å². The van der Waals surface area contributed by atoms with Gasteiger partial charge in [0.1, 0.15) is 5.75 Å². The summed E-state index contributed by atoms with van der Waals surface area (Å²) in [4.78, 5) is 26.9. The maximum Gasteiger partial charge on any atom is 0.268 e. The number of carbonyl (C=O) groups is 1. The highest BCUT2D eigenvalue weighted by molar-refractivity contribution is 5.79. The topological polar surface area (TPSA) is 76.5 Å². The summed E-state index contributed by atoms with van der Waals surface area (Å²) in [7, 11) is 1.62. The van der Waals surface area contributed by atoms with E-state index >= 15 is 0 Å². The zero-order chi connectivity index (χ0) is 20.2. The van der Waals surface area contributed by atoms with Crippen molar-refractivity contribution in [3.8, 4) is 5.75 Å². The minimum absolute atomic E-state index is 0.0114. The zero-order valence-corrected chi connectivity index (χ0v) is 16.8. The number of carbonyl (C=O) groups excluding carboxylic acids is 1. The lowest BCUT2D eigenvalue weighted by atomic mass is 10.0. The number of rotatable bonds is 7. The van der Waals surface area contributed by atoms with Crippen LogP contribution in [0.4, 0.5) is 5.69 Å². The molecule has 2 fully saturated rings. The van der Waals surface area contributed by atoms with Gasteiger partial charge in [0.15, 0.2) is 0 Å². The quantitative estimate of drug-likeness (QED) is 0.775. The Morgan fingerprint density at radius 2 is 1.97 bits per heavy atom. The average Bonchev–Trinajstić information content (AvgIpc) is 3.54. The highest BCUT2D eigenvalue weighted by Gasteiger charge is 2.24. The van der Waals surface area contributed by atoms with Gasteiger partial charge in [-0.15, -0.1) is 0 Å². The summed E-state index contributed by atoms with van der Waals surface area (Å²) in [5, 5.41) is 7.48. The Morgan fingerprint density at radius 3 is 2.66 bits per heavy atom. The summed E-state index contributed by atoms with van der Waals surface area (Å²) in [6, 6.07) is 9.44. The summed E-state index contributed by atoms with van der Waals surface area (Å²) in [6.07, 6.45) is 6.21. The van der Waals surface area contributed by atoms with Crippen LogP contribution in [0.15, 0.2) is 41.3 Å². The van der Waals surface area contributed by atoms with Crippen LogP contribution >= 0.6 is 0 Å². The second kappa shape index (κ2) is 8.68. The van der Waals surface area contributed by atoms with E-state index in [9.17, 15) is 9.59 Å². The van der Waals surface area contributed by atoms with Gasteiger partial charge in [-0.3, -0.25) is 9.59 Å². The van der Waals surface area contributed by atoms with Crippen molar-refractivity contribution >= 4 is 11.6 Å². The van der Waals surface area contributed by atoms with Crippen molar-refractivity contribution < 1.29 is 9.53 Å². The van der Waals surface area contributed by atoms with E-state index in [1.54, 1.807) is 24.1 Å². The van der Waals surface area contributed by atoms with Crippen LogP contribution in [0.1, 0.15) is 31.2 Å². The molecule has 29 heavy (non-hydrogen) atoms. The first-order valence-electron chi connectivity index (χ1n) is 10.4. The number of hydrogen-bond acceptors (Lipinski definition) is 5. The molecule has 2 aromatic rings. The van der Waals surface area contributed by atoms with E-state index in [0.29, 0.717) is 12.3 Å². The molecule has 0 unspecified atom stereocenters. The molecule has 1 N–H and O–H groups in total. The molecule has 4 rings (SSSR count). The van der Waals surface area contributed by atoms with Crippen molar-refractivity contribution in [3.05, 3.63) is 52.4 Å². The largest absolute Gasteiger partial charge is 0.496 e. The normalized spacial score (nSPS) is 17.2. The summed E-state index contributed by atoms with van der Waals surface area (Å²) >= 11 is 0. The minimum atomic E-state index is -0.0263. The lowest BCUT2D eigenvalue weighted by Gasteiger charge is -2.33. The summed E-state index contributed by atoms with van der Waals surface area (Å²) < 4.78 is 6.90. The molecule has 1 amide bonds. The molecule has 2 aliphatic rings. The predicted molar refractivity (Wildman–Crippen MR) is 111 cm³/mol. The molecule has 1 aromatic carbocycles. The molecule has 1 aliphatic heterocycles. The number of methoxy groups -OCH3 is 1. The molecule has 1 saturated heterocycles. The maximum absolute atomic E-state index is 12.4. The molecule has 1 saturated carbocycles. The third kappa shape index (κ3) is 4.96. The van der Waals surface area contributed by atoms with Crippen LogP contribution in [0.25, 0.3) is 0 Å². The second-order valence-corrected chi connectivity index (χ2v) is 7.99. The number of benzene rings is 1. The van der Waals surface area contributed by atoms with Gasteiger partial charge in [0.2, 0.25) is 5.91 Å². The van der Waals surface area contributed by atoms with E-state index in [1.165, 1.54) is 12.8 Å². The first kappa shape index (κ1) is 19.5. The van der Waals surface area contributed by atoms with Crippen molar-refractivity contribution in [2.75, 3.05) is 25.1 Å². The van der Waals surface area contributed by atoms with Gasteiger partial charge in [-0.2, -0.15) is 5.10 Å². The van der Waals surface area contributed by atoms with Crippen molar-refractivity contribution in [2.24, 2.45) is 5.92 Å². The van der Waals surface area contributed by atoms with E-state index in [0.717, 1.165) is 49.5 Å². The highest BCUT2D eigenvalue weighted by atomic mass is 16.5. The molecular formula is C22H28N4O3. The van der Waals surface area contributed by atoms with Gasteiger partial charge in [0, 0.05) is 37.3 Å². The summed E-state index contributed by atoms with van der Waals surface area (Å²) in [6.45, 7) is 2.33. The Balaban J connectivity index is 1.28. The lowest BCUT2D eigenvalue weighted by Crippen LogP contribution is -2.45. The first-order valence-corrected chi connectivity index (χ1v) is 10.4. The van der Waals surface area contributed by atoms with Crippen LogP contribution in [-0.4, -0.2) is 41.9 Å².